The molecule has 1 amide bonds. The third-order valence-electron chi connectivity index (χ3n) is 6.01. The topological polar surface area (TPSA) is 109 Å². The molecule has 1 aromatic heterocycles. The van der Waals surface area contributed by atoms with Crippen molar-refractivity contribution in [3.05, 3.63) is 30.2 Å². The van der Waals surface area contributed by atoms with E-state index in [-0.39, 0.29) is 16.7 Å². The van der Waals surface area contributed by atoms with Crippen LogP contribution < -0.4 is 5.32 Å². The van der Waals surface area contributed by atoms with E-state index in [2.05, 4.69) is 27.3 Å². The second kappa shape index (κ2) is 9.46. The number of nitrogens with zero attached hydrogens (tertiary/aromatic N) is 4. The van der Waals surface area contributed by atoms with Crippen LogP contribution in [0.4, 0.5) is 0 Å². The van der Waals surface area contributed by atoms with Crippen molar-refractivity contribution in [1.29, 1.82) is 0 Å². The zero-order chi connectivity index (χ0) is 21.8. The average Bonchev–Trinajstić information content (AvgIpc) is 3.46. The Balaban J connectivity index is 1.37. The van der Waals surface area contributed by atoms with Crippen molar-refractivity contribution in [3.8, 4) is 11.5 Å². The molecule has 10 heteroatoms. The molecule has 3 heterocycles. The first-order chi connectivity index (χ1) is 14.9. The van der Waals surface area contributed by atoms with E-state index in [1.165, 1.54) is 12.8 Å². The Morgan fingerprint density at radius 3 is 2.45 bits per heavy atom. The number of carbonyl (C=O) groups excluding carboxylic acids is 1. The zero-order valence-electron chi connectivity index (χ0n) is 17.8. The van der Waals surface area contributed by atoms with Gasteiger partial charge in [-0.3, -0.25) is 4.79 Å². The third-order valence-corrected chi connectivity index (χ3v) is 7.93. The fraction of sp³-hybridized carbons (Fsp3) is 0.571. The lowest BCUT2D eigenvalue weighted by molar-refractivity contribution is 0.0915. The van der Waals surface area contributed by atoms with Gasteiger partial charge in [-0.05, 0) is 69.0 Å². The maximum atomic E-state index is 12.8. The van der Waals surface area contributed by atoms with Crippen molar-refractivity contribution in [2.45, 2.75) is 37.5 Å². The highest BCUT2D eigenvalue weighted by atomic mass is 32.2. The second-order valence-corrected chi connectivity index (χ2v) is 10.3. The van der Waals surface area contributed by atoms with Crippen molar-refractivity contribution in [2.75, 3.05) is 39.3 Å². The molecule has 1 aromatic carbocycles. The number of sulfonamides is 1. The maximum Gasteiger partial charge on any atom is 0.308 e. The van der Waals surface area contributed by atoms with E-state index in [0.29, 0.717) is 31.1 Å². The van der Waals surface area contributed by atoms with Gasteiger partial charge in [0.2, 0.25) is 15.9 Å². The van der Waals surface area contributed by atoms with Gasteiger partial charge in [0, 0.05) is 31.7 Å². The Hall–Kier alpha value is -2.30. The molecule has 0 aliphatic carbocycles. The first kappa shape index (κ1) is 21.9. The summed E-state index contributed by atoms with van der Waals surface area (Å²) in [6, 6.07) is 6.34. The zero-order valence-corrected chi connectivity index (χ0v) is 18.6. The van der Waals surface area contributed by atoms with Gasteiger partial charge in [-0.2, -0.15) is 4.31 Å². The van der Waals surface area contributed by atoms with Gasteiger partial charge in [-0.25, -0.2) is 8.42 Å². The quantitative estimate of drug-likeness (QED) is 0.691. The Labute approximate surface area is 182 Å². The predicted molar refractivity (Wildman–Crippen MR) is 115 cm³/mol. The van der Waals surface area contributed by atoms with Crippen LogP contribution in [-0.4, -0.2) is 73.0 Å². The van der Waals surface area contributed by atoms with Gasteiger partial charge in [0.1, 0.15) is 0 Å². The number of nitrogens with one attached hydrogen (secondary N) is 1. The van der Waals surface area contributed by atoms with Crippen molar-refractivity contribution in [3.63, 3.8) is 0 Å². The van der Waals surface area contributed by atoms with Crippen LogP contribution in [0.1, 0.15) is 43.3 Å². The molecule has 2 aliphatic heterocycles. The lowest BCUT2D eigenvalue weighted by Gasteiger charge is -2.29. The minimum Gasteiger partial charge on any atom is -0.412 e. The standard InChI is InChI=1S/C21H29N5O4S/c1-16-8-13-26(14-9-16)31(28,29)18-6-4-17(5-7-18)20-23-24-21(30-20)19(27)22-10-15-25-11-2-3-12-25/h4-7,16H,2-3,8-15H2,1H3,(H,22,27). The number of aromatic nitrogens is 2. The predicted octanol–water partition coefficient (Wildman–Crippen LogP) is 1.98. The van der Waals surface area contributed by atoms with Gasteiger partial charge >= 0.3 is 11.8 Å². The van der Waals surface area contributed by atoms with Gasteiger partial charge in [-0.15, -0.1) is 10.2 Å². The van der Waals surface area contributed by atoms with Crippen molar-refractivity contribution < 1.29 is 17.6 Å². The number of carbonyl (C=O) groups is 1. The Bertz CT molecular complexity index is 991. The number of rotatable bonds is 7. The first-order valence-electron chi connectivity index (χ1n) is 10.9. The molecule has 0 unspecified atom stereocenters. The number of hydrogen-bond donors (Lipinski definition) is 1. The molecule has 2 aromatic rings. The monoisotopic (exact) mass is 447 g/mol. The average molecular weight is 448 g/mol. The van der Waals surface area contributed by atoms with Gasteiger partial charge < -0.3 is 14.6 Å². The summed E-state index contributed by atoms with van der Waals surface area (Å²) in [5, 5.41) is 10.6. The minimum atomic E-state index is -3.51. The van der Waals surface area contributed by atoms with E-state index in [0.717, 1.165) is 32.5 Å². The maximum absolute atomic E-state index is 12.8. The van der Waals surface area contributed by atoms with E-state index < -0.39 is 15.9 Å². The number of benzene rings is 1. The van der Waals surface area contributed by atoms with Gasteiger partial charge in [0.15, 0.2) is 0 Å². The molecule has 0 saturated carbocycles. The molecular weight excluding hydrogens is 418 g/mol. The normalized spacial score (nSPS) is 19.0. The van der Waals surface area contributed by atoms with Gasteiger partial charge in [0.25, 0.3) is 0 Å². The highest BCUT2D eigenvalue weighted by molar-refractivity contribution is 7.89. The Kier molecular flexibility index (Phi) is 6.68. The molecule has 0 atom stereocenters. The largest absolute Gasteiger partial charge is 0.412 e. The van der Waals surface area contributed by atoms with Crippen LogP contribution in [0.3, 0.4) is 0 Å². The molecular formula is C21H29N5O4S. The van der Waals surface area contributed by atoms with Crippen LogP contribution in [0.25, 0.3) is 11.5 Å². The highest BCUT2D eigenvalue weighted by Crippen LogP contribution is 2.25. The number of hydrogen-bond acceptors (Lipinski definition) is 7. The molecule has 2 fully saturated rings. The summed E-state index contributed by atoms with van der Waals surface area (Å²) in [5.74, 6) is 0.227. The van der Waals surface area contributed by atoms with Crippen LogP contribution in [0.15, 0.2) is 33.6 Å². The molecule has 2 saturated heterocycles. The van der Waals surface area contributed by atoms with E-state index >= 15 is 0 Å². The van der Waals surface area contributed by atoms with Crippen LogP contribution >= 0.6 is 0 Å². The third kappa shape index (κ3) is 5.13. The van der Waals surface area contributed by atoms with Crippen LogP contribution in [0.5, 0.6) is 0 Å². The molecule has 4 rings (SSSR count). The smallest absolute Gasteiger partial charge is 0.308 e. The van der Waals surface area contributed by atoms with Crippen LogP contribution in [-0.2, 0) is 10.0 Å². The first-order valence-corrected chi connectivity index (χ1v) is 12.3. The van der Waals surface area contributed by atoms with Crippen molar-refractivity contribution >= 4 is 15.9 Å². The number of piperidine rings is 1. The molecule has 31 heavy (non-hydrogen) atoms. The molecule has 0 radical (unpaired) electrons. The van der Waals surface area contributed by atoms with Crippen molar-refractivity contribution in [1.82, 2.24) is 24.7 Å². The summed E-state index contributed by atoms with van der Waals surface area (Å²) < 4.78 is 32.7. The van der Waals surface area contributed by atoms with E-state index in [1.807, 2.05) is 0 Å². The summed E-state index contributed by atoms with van der Waals surface area (Å²) in [6.07, 6.45) is 4.17. The summed E-state index contributed by atoms with van der Waals surface area (Å²) in [6.45, 7) is 6.71. The van der Waals surface area contributed by atoms with Gasteiger partial charge in [0.05, 0.1) is 4.90 Å². The summed E-state index contributed by atoms with van der Waals surface area (Å²) in [4.78, 5) is 14.8. The lowest BCUT2D eigenvalue weighted by atomic mass is 10.0. The fourth-order valence-electron chi connectivity index (χ4n) is 3.98. The van der Waals surface area contributed by atoms with Gasteiger partial charge in [-0.1, -0.05) is 6.92 Å². The minimum absolute atomic E-state index is 0.101. The second-order valence-electron chi connectivity index (χ2n) is 8.33. The lowest BCUT2D eigenvalue weighted by Crippen LogP contribution is -2.37. The molecule has 0 bridgehead atoms. The number of amides is 1. The van der Waals surface area contributed by atoms with Crippen molar-refractivity contribution in [2.24, 2.45) is 5.92 Å². The molecule has 9 nitrogen and oxygen atoms in total. The molecule has 1 N–H and O–H groups in total. The van der Waals surface area contributed by atoms with E-state index in [4.69, 9.17) is 4.42 Å². The van der Waals surface area contributed by atoms with Crippen LogP contribution in [0.2, 0.25) is 0 Å². The van der Waals surface area contributed by atoms with E-state index in [9.17, 15) is 13.2 Å². The summed E-state index contributed by atoms with van der Waals surface area (Å²) in [5.41, 5.74) is 0.565. The molecule has 0 spiro atoms. The van der Waals surface area contributed by atoms with E-state index in [1.54, 1.807) is 28.6 Å². The number of likely N-dealkylation sites (tertiary alicyclic amines) is 1. The molecule has 2 aliphatic rings. The molecule has 168 valence electrons. The van der Waals surface area contributed by atoms with Crippen LogP contribution in [0, 0.1) is 5.92 Å². The fourth-order valence-corrected chi connectivity index (χ4v) is 5.45. The summed E-state index contributed by atoms with van der Waals surface area (Å²) in [7, 11) is -3.51. The summed E-state index contributed by atoms with van der Waals surface area (Å²) >= 11 is 0. The Morgan fingerprint density at radius 1 is 1.10 bits per heavy atom. The SMILES string of the molecule is CC1CCN(S(=O)(=O)c2ccc(-c3nnc(C(=O)NCCN4CCCC4)o3)cc2)CC1. The Morgan fingerprint density at radius 2 is 1.77 bits per heavy atom. The highest BCUT2D eigenvalue weighted by Gasteiger charge is 2.28.